The van der Waals surface area contributed by atoms with Gasteiger partial charge in [-0.25, -0.2) is 4.79 Å². The molecule has 4 nitrogen and oxygen atoms in total. The Hall–Kier alpha value is -1.62. The third-order valence-electron chi connectivity index (χ3n) is 4.06. The van der Waals surface area contributed by atoms with Crippen LogP contribution in [0.3, 0.4) is 0 Å². The fourth-order valence-electron chi connectivity index (χ4n) is 2.94. The van der Waals surface area contributed by atoms with Crippen LogP contribution in [0.1, 0.15) is 54.1 Å². The molecule has 0 radical (unpaired) electrons. The molecule has 21 heavy (non-hydrogen) atoms. The molecule has 1 aliphatic carbocycles. The molecule has 3 rings (SSSR count). The van der Waals surface area contributed by atoms with E-state index in [4.69, 9.17) is 9.63 Å². The van der Waals surface area contributed by atoms with Gasteiger partial charge in [-0.15, -0.1) is 0 Å². The summed E-state index contributed by atoms with van der Waals surface area (Å²) < 4.78 is 6.16. The highest BCUT2D eigenvalue weighted by Crippen LogP contribution is 2.38. The minimum atomic E-state index is -1.08. The normalized spacial score (nSPS) is 16.0. The molecule has 1 aliphatic rings. The van der Waals surface area contributed by atoms with E-state index in [1.54, 1.807) is 0 Å². The number of halogens is 1. The van der Waals surface area contributed by atoms with Gasteiger partial charge in [0, 0.05) is 16.1 Å². The van der Waals surface area contributed by atoms with E-state index >= 15 is 0 Å². The summed E-state index contributed by atoms with van der Waals surface area (Å²) in [5.74, 6) is 0.0117. The van der Waals surface area contributed by atoms with Gasteiger partial charge in [0.15, 0.2) is 11.5 Å². The summed E-state index contributed by atoms with van der Waals surface area (Å²) in [6.45, 7) is 0. The molecule has 0 amide bonds. The van der Waals surface area contributed by atoms with Gasteiger partial charge in [-0.1, -0.05) is 52.5 Å². The van der Waals surface area contributed by atoms with Gasteiger partial charge < -0.3 is 9.63 Å². The molecular weight excluding hydrogens is 334 g/mol. The van der Waals surface area contributed by atoms with Gasteiger partial charge in [-0.05, 0) is 30.4 Å². The molecule has 110 valence electrons. The highest BCUT2D eigenvalue weighted by molar-refractivity contribution is 9.10. The molecule has 0 saturated heterocycles. The van der Waals surface area contributed by atoms with Crippen LogP contribution in [0.25, 0.3) is 11.3 Å². The van der Waals surface area contributed by atoms with Gasteiger partial charge >= 0.3 is 5.97 Å². The number of carboxylic acid groups (broad SMARTS) is 1. The van der Waals surface area contributed by atoms with Gasteiger partial charge in [0.05, 0.1) is 0 Å². The summed E-state index contributed by atoms with van der Waals surface area (Å²) in [7, 11) is 0. The van der Waals surface area contributed by atoms with Crippen LogP contribution in [0, 0.1) is 0 Å². The van der Waals surface area contributed by atoms with E-state index in [1.165, 1.54) is 43.7 Å². The number of benzene rings is 1. The lowest BCUT2D eigenvalue weighted by atomic mass is 9.84. The zero-order chi connectivity index (χ0) is 14.8. The summed E-state index contributed by atoms with van der Waals surface area (Å²) in [6, 6.07) is 7.51. The maximum Gasteiger partial charge on any atom is 0.358 e. The van der Waals surface area contributed by atoms with Crippen molar-refractivity contribution in [3.63, 3.8) is 0 Å². The third-order valence-corrected chi connectivity index (χ3v) is 4.75. The highest BCUT2D eigenvalue weighted by atomic mass is 79.9. The SMILES string of the molecule is O=C(O)c1cc(-c2ccc(C3CCCCC3)c(Br)c2)on1. The highest BCUT2D eigenvalue weighted by Gasteiger charge is 2.19. The quantitative estimate of drug-likeness (QED) is 0.859. The number of nitrogens with zero attached hydrogens (tertiary/aromatic N) is 1. The number of aromatic carboxylic acids is 1. The predicted molar refractivity (Wildman–Crippen MR) is 82.4 cm³/mol. The Morgan fingerprint density at radius 2 is 2.00 bits per heavy atom. The Kier molecular flexibility index (Phi) is 4.10. The second-order valence-electron chi connectivity index (χ2n) is 5.45. The molecule has 0 bridgehead atoms. The van der Waals surface area contributed by atoms with Crippen molar-refractivity contribution in [2.75, 3.05) is 0 Å². The van der Waals surface area contributed by atoms with Crippen LogP contribution < -0.4 is 0 Å². The Morgan fingerprint density at radius 1 is 1.24 bits per heavy atom. The molecule has 2 aromatic rings. The van der Waals surface area contributed by atoms with Crippen LogP contribution in [0.4, 0.5) is 0 Å². The van der Waals surface area contributed by atoms with Crippen LogP contribution in [0.5, 0.6) is 0 Å². The largest absolute Gasteiger partial charge is 0.476 e. The van der Waals surface area contributed by atoms with Crippen molar-refractivity contribution >= 4 is 21.9 Å². The van der Waals surface area contributed by atoms with Crippen molar-refractivity contribution in [1.29, 1.82) is 0 Å². The van der Waals surface area contributed by atoms with Crippen molar-refractivity contribution in [1.82, 2.24) is 5.16 Å². The van der Waals surface area contributed by atoms with Crippen LogP contribution in [-0.2, 0) is 0 Å². The Balaban J connectivity index is 1.87. The van der Waals surface area contributed by atoms with Crippen molar-refractivity contribution in [3.05, 3.63) is 40.0 Å². The zero-order valence-corrected chi connectivity index (χ0v) is 13.1. The van der Waals surface area contributed by atoms with Crippen molar-refractivity contribution in [2.24, 2.45) is 0 Å². The molecule has 1 N–H and O–H groups in total. The summed E-state index contributed by atoms with van der Waals surface area (Å²) in [4.78, 5) is 10.8. The Morgan fingerprint density at radius 3 is 2.62 bits per heavy atom. The maximum atomic E-state index is 10.8. The first-order chi connectivity index (χ1) is 10.1. The molecule has 1 fully saturated rings. The summed E-state index contributed by atoms with van der Waals surface area (Å²) in [5.41, 5.74) is 2.09. The van der Waals surface area contributed by atoms with Crippen molar-refractivity contribution in [3.8, 4) is 11.3 Å². The summed E-state index contributed by atoms with van der Waals surface area (Å²) in [6.07, 6.45) is 6.40. The van der Waals surface area contributed by atoms with E-state index in [2.05, 4.69) is 27.2 Å². The first-order valence-corrected chi connectivity index (χ1v) is 7.94. The first-order valence-electron chi connectivity index (χ1n) is 7.15. The fraction of sp³-hybridized carbons (Fsp3) is 0.375. The lowest BCUT2D eigenvalue weighted by molar-refractivity contribution is 0.0686. The van der Waals surface area contributed by atoms with Crippen LogP contribution >= 0.6 is 15.9 Å². The van der Waals surface area contributed by atoms with Gasteiger partial charge in [0.25, 0.3) is 0 Å². The average molecular weight is 350 g/mol. The maximum absolute atomic E-state index is 10.8. The number of rotatable bonds is 3. The molecule has 0 unspecified atom stereocenters. The Labute approximate surface area is 131 Å². The second kappa shape index (κ2) is 6.02. The van der Waals surface area contributed by atoms with Crippen LogP contribution in [0.2, 0.25) is 0 Å². The molecule has 0 aliphatic heterocycles. The van der Waals surface area contributed by atoms with E-state index in [1.807, 2.05) is 12.1 Å². The van der Waals surface area contributed by atoms with E-state index in [9.17, 15) is 4.79 Å². The standard InChI is InChI=1S/C16H16BrNO3/c17-13-8-11(15-9-14(16(19)20)18-21-15)6-7-12(13)10-4-2-1-3-5-10/h6-10H,1-5H2,(H,19,20). The van der Waals surface area contributed by atoms with Crippen molar-refractivity contribution < 1.29 is 14.4 Å². The Bertz CT molecular complexity index is 659. The van der Waals surface area contributed by atoms with E-state index in [0.29, 0.717) is 11.7 Å². The van der Waals surface area contributed by atoms with E-state index < -0.39 is 5.97 Å². The molecule has 1 saturated carbocycles. The number of carbonyl (C=O) groups is 1. The summed E-state index contributed by atoms with van der Waals surface area (Å²) >= 11 is 3.64. The monoisotopic (exact) mass is 349 g/mol. The lowest BCUT2D eigenvalue weighted by Crippen LogP contribution is -2.05. The van der Waals surface area contributed by atoms with Gasteiger partial charge in [0.1, 0.15) is 0 Å². The first kappa shape index (κ1) is 14.3. The third kappa shape index (κ3) is 3.02. The topological polar surface area (TPSA) is 63.3 Å². The van der Waals surface area contributed by atoms with Gasteiger partial charge in [0.2, 0.25) is 0 Å². The molecule has 0 spiro atoms. The second-order valence-corrected chi connectivity index (χ2v) is 6.31. The van der Waals surface area contributed by atoms with E-state index in [0.717, 1.165) is 10.0 Å². The molecule has 1 heterocycles. The smallest absolute Gasteiger partial charge is 0.358 e. The fourth-order valence-corrected chi connectivity index (χ4v) is 3.64. The molecule has 0 atom stereocenters. The lowest BCUT2D eigenvalue weighted by Gasteiger charge is -2.23. The van der Waals surface area contributed by atoms with Crippen LogP contribution in [-0.4, -0.2) is 16.2 Å². The zero-order valence-electron chi connectivity index (χ0n) is 11.5. The average Bonchev–Trinajstić information content (AvgIpc) is 2.98. The van der Waals surface area contributed by atoms with E-state index in [-0.39, 0.29) is 5.69 Å². The van der Waals surface area contributed by atoms with Gasteiger partial charge in [-0.3, -0.25) is 0 Å². The predicted octanol–water partition coefficient (Wildman–Crippen LogP) is 4.85. The molecule has 5 heteroatoms. The number of carboxylic acids is 1. The molecular formula is C16H16BrNO3. The van der Waals surface area contributed by atoms with Crippen molar-refractivity contribution in [2.45, 2.75) is 38.0 Å². The number of hydrogen-bond donors (Lipinski definition) is 1. The number of hydrogen-bond acceptors (Lipinski definition) is 3. The molecule has 1 aromatic carbocycles. The number of aromatic nitrogens is 1. The summed E-state index contributed by atoms with van der Waals surface area (Å²) in [5, 5.41) is 12.4. The minimum absolute atomic E-state index is 0.0718. The minimum Gasteiger partial charge on any atom is -0.476 e. The van der Waals surface area contributed by atoms with Crippen LogP contribution in [0.15, 0.2) is 33.3 Å². The molecule has 1 aromatic heterocycles. The van der Waals surface area contributed by atoms with Gasteiger partial charge in [-0.2, -0.15) is 0 Å².